The average molecular weight is 209 g/mol. The summed E-state index contributed by atoms with van der Waals surface area (Å²) >= 11 is 0. The van der Waals surface area contributed by atoms with Crippen LogP contribution in [0.1, 0.15) is 0 Å². The van der Waals surface area contributed by atoms with Gasteiger partial charge in [-0.05, 0) is 39.8 Å². The Balaban J connectivity index is 2.24. The van der Waals surface area contributed by atoms with Gasteiger partial charge in [0, 0.05) is 0 Å². The van der Waals surface area contributed by atoms with Crippen LogP contribution >= 0.6 is 0 Å². The molecule has 2 aliphatic rings. The Hall–Kier alpha value is -2.09. The molecule has 0 aromatic heterocycles. The summed E-state index contributed by atoms with van der Waals surface area (Å²) in [6, 6.07) is 8.39. The number of benzene rings is 1. The van der Waals surface area contributed by atoms with Crippen LogP contribution < -0.4 is 10.4 Å². The molecule has 1 aromatic rings. The van der Waals surface area contributed by atoms with Gasteiger partial charge in [0.2, 0.25) is 0 Å². The van der Waals surface area contributed by atoms with E-state index in [0.29, 0.717) is 0 Å². The zero-order valence-electron chi connectivity index (χ0n) is 8.97. The van der Waals surface area contributed by atoms with Crippen molar-refractivity contribution in [2.45, 2.75) is 0 Å². The molecule has 0 fully saturated rings. The number of rotatable bonds is 1. The third-order valence-corrected chi connectivity index (χ3v) is 2.79. The van der Waals surface area contributed by atoms with Gasteiger partial charge in [0.15, 0.2) is 0 Å². The van der Waals surface area contributed by atoms with Crippen LogP contribution in [0.15, 0.2) is 53.2 Å². The molecule has 0 saturated heterocycles. The van der Waals surface area contributed by atoms with Crippen molar-refractivity contribution < 1.29 is 4.84 Å². The predicted octanol–water partition coefficient (Wildman–Crippen LogP) is 1.13. The SMILES string of the molecule is CON=C1C=CC2=c3ccccc3=CC2=C1. The molecular formula is C14H11NO. The van der Waals surface area contributed by atoms with Crippen LogP contribution in [0.4, 0.5) is 0 Å². The van der Waals surface area contributed by atoms with Gasteiger partial charge in [-0.2, -0.15) is 0 Å². The van der Waals surface area contributed by atoms with Gasteiger partial charge < -0.3 is 4.84 Å². The first-order valence-electron chi connectivity index (χ1n) is 5.21. The largest absolute Gasteiger partial charge is 0.399 e. The van der Waals surface area contributed by atoms with Crippen molar-refractivity contribution >= 4 is 17.4 Å². The highest BCUT2D eigenvalue weighted by molar-refractivity contribution is 6.12. The molecule has 0 N–H and O–H groups in total. The van der Waals surface area contributed by atoms with Crippen LogP contribution in [-0.2, 0) is 4.84 Å². The molecule has 0 unspecified atom stereocenters. The molecule has 2 heteroatoms. The highest BCUT2D eigenvalue weighted by Gasteiger charge is 2.12. The van der Waals surface area contributed by atoms with Crippen LogP contribution in [0.25, 0.3) is 11.6 Å². The van der Waals surface area contributed by atoms with E-state index in [1.54, 1.807) is 7.11 Å². The summed E-state index contributed by atoms with van der Waals surface area (Å²) in [5.74, 6) is 0. The van der Waals surface area contributed by atoms with E-state index in [1.165, 1.54) is 21.6 Å². The summed E-state index contributed by atoms with van der Waals surface area (Å²) in [6.45, 7) is 0. The Kier molecular flexibility index (Phi) is 2.00. The second kappa shape index (κ2) is 3.49. The predicted molar refractivity (Wildman–Crippen MR) is 65.2 cm³/mol. The van der Waals surface area contributed by atoms with Crippen molar-refractivity contribution in [2.75, 3.05) is 7.11 Å². The minimum absolute atomic E-state index is 0.852. The average Bonchev–Trinajstić information content (AvgIpc) is 2.67. The molecule has 16 heavy (non-hydrogen) atoms. The topological polar surface area (TPSA) is 21.6 Å². The molecule has 0 heterocycles. The van der Waals surface area contributed by atoms with Crippen LogP contribution in [0.3, 0.4) is 0 Å². The van der Waals surface area contributed by atoms with Gasteiger partial charge in [0.1, 0.15) is 12.8 Å². The lowest BCUT2D eigenvalue weighted by Crippen LogP contribution is -2.21. The van der Waals surface area contributed by atoms with Crippen LogP contribution in [0.5, 0.6) is 0 Å². The van der Waals surface area contributed by atoms with Gasteiger partial charge in [-0.1, -0.05) is 35.5 Å². The lowest BCUT2D eigenvalue weighted by molar-refractivity contribution is 0.214. The molecular weight excluding hydrogens is 198 g/mol. The Bertz CT molecular complexity index is 648. The molecule has 0 spiro atoms. The number of oxime groups is 1. The van der Waals surface area contributed by atoms with Crippen LogP contribution in [0.2, 0.25) is 0 Å². The maximum absolute atomic E-state index is 4.78. The third-order valence-electron chi connectivity index (χ3n) is 2.79. The molecule has 2 aliphatic carbocycles. The maximum Gasteiger partial charge on any atom is 0.106 e. The maximum atomic E-state index is 4.78. The number of nitrogens with zero attached hydrogens (tertiary/aromatic N) is 1. The number of hydrogen-bond donors (Lipinski definition) is 0. The van der Waals surface area contributed by atoms with E-state index in [9.17, 15) is 0 Å². The third kappa shape index (κ3) is 1.31. The molecule has 0 aliphatic heterocycles. The first kappa shape index (κ1) is 9.16. The van der Waals surface area contributed by atoms with Crippen molar-refractivity contribution in [2.24, 2.45) is 5.16 Å². The molecule has 78 valence electrons. The normalized spacial score (nSPS) is 18.9. The summed E-state index contributed by atoms with van der Waals surface area (Å²) in [5, 5.41) is 6.49. The van der Waals surface area contributed by atoms with Crippen molar-refractivity contribution in [3.8, 4) is 0 Å². The zero-order chi connectivity index (χ0) is 11.0. The summed E-state index contributed by atoms with van der Waals surface area (Å²) in [6.07, 6.45) is 8.28. The molecule has 1 aromatic carbocycles. The van der Waals surface area contributed by atoms with E-state index in [1.807, 2.05) is 12.2 Å². The van der Waals surface area contributed by atoms with E-state index >= 15 is 0 Å². The molecule has 2 nitrogen and oxygen atoms in total. The lowest BCUT2D eigenvalue weighted by atomic mass is 10.0. The Labute approximate surface area is 93.5 Å². The van der Waals surface area contributed by atoms with Crippen LogP contribution in [0, 0.1) is 0 Å². The van der Waals surface area contributed by atoms with E-state index in [4.69, 9.17) is 4.84 Å². The Morgan fingerprint density at radius 1 is 1.06 bits per heavy atom. The van der Waals surface area contributed by atoms with E-state index in [-0.39, 0.29) is 0 Å². The van der Waals surface area contributed by atoms with Crippen LogP contribution in [-0.4, -0.2) is 12.8 Å². The quantitative estimate of drug-likeness (QED) is 0.635. The fourth-order valence-electron chi connectivity index (χ4n) is 2.11. The standard InChI is InChI=1S/C14H11NO/c1-16-15-12-6-7-14-11(9-12)8-10-4-2-3-5-13(10)14/h2-9H,1H3. The lowest BCUT2D eigenvalue weighted by Gasteiger charge is -2.05. The Morgan fingerprint density at radius 2 is 1.94 bits per heavy atom. The van der Waals surface area contributed by atoms with Gasteiger partial charge >= 0.3 is 0 Å². The number of hydrogen-bond acceptors (Lipinski definition) is 2. The molecule has 0 saturated carbocycles. The van der Waals surface area contributed by atoms with Crippen molar-refractivity contribution in [1.29, 1.82) is 0 Å². The van der Waals surface area contributed by atoms with Gasteiger partial charge in [-0.25, -0.2) is 0 Å². The number of fused-ring (bicyclic) bond motifs is 2. The summed E-state index contributed by atoms with van der Waals surface area (Å²) in [7, 11) is 1.56. The first-order valence-corrected chi connectivity index (χ1v) is 5.21. The van der Waals surface area contributed by atoms with Crippen molar-refractivity contribution in [1.82, 2.24) is 0 Å². The summed E-state index contributed by atoms with van der Waals surface area (Å²) in [4.78, 5) is 4.78. The highest BCUT2D eigenvalue weighted by atomic mass is 16.6. The molecule has 0 bridgehead atoms. The second-order valence-corrected chi connectivity index (χ2v) is 3.78. The van der Waals surface area contributed by atoms with Gasteiger partial charge in [0.05, 0.1) is 0 Å². The van der Waals surface area contributed by atoms with Gasteiger partial charge in [-0.15, -0.1) is 0 Å². The fraction of sp³-hybridized carbons (Fsp3) is 0.0714. The van der Waals surface area contributed by atoms with Gasteiger partial charge in [0.25, 0.3) is 0 Å². The molecule has 3 rings (SSSR count). The molecule has 0 amide bonds. The smallest absolute Gasteiger partial charge is 0.106 e. The first-order chi connectivity index (χ1) is 7.88. The fourth-order valence-corrected chi connectivity index (χ4v) is 2.11. The highest BCUT2D eigenvalue weighted by Crippen LogP contribution is 2.20. The van der Waals surface area contributed by atoms with Crippen molar-refractivity contribution in [3.63, 3.8) is 0 Å². The molecule has 0 atom stereocenters. The minimum atomic E-state index is 0.852. The zero-order valence-corrected chi connectivity index (χ0v) is 8.97. The summed E-state index contributed by atoms with van der Waals surface area (Å²) < 4.78 is 0. The van der Waals surface area contributed by atoms with E-state index < -0.39 is 0 Å². The monoisotopic (exact) mass is 209 g/mol. The van der Waals surface area contributed by atoms with E-state index in [2.05, 4.69) is 41.6 Å². The van der Waals surface area contributed by atoms with Crippen molar-refractivity contribution in [3.05, 3.63) is 58.5 Å². The molecule has 0 radical (unpaired) electrons. The number of allylic oxidation sites excluding steroid dienone is 4. The Morgan fingerprint density at radius 3 is 2.81 bits per heavy atom. The summed E-state index contributed by atoms with van der Waals surface area (Å²) in [5.41, 5.74) is 3.33. The van der Waals surface area contributed by atoms with Gasteiger partial charge in [-0.3, -0.25) is 0 Å². The van der Waals surface area contributed by atoms with E-state index in [0.717, 1.165) is 5.71 Å². The second-order valence-electron chi connectivity index (χ2n) is 3.78. The minimum Gasteiger partial charge on any atom is -0.399 e.